The van der Waals surface area contributed by atoms with Gasteiger partial charge in [-0.1, -0.05) is 5.16 Å². The number of hydrogen-bond donors (Lipinski definition) is 2. The fraction of sp³-hybridized carbons (Fsp3) is 0.308. The molecule has 6 nitrogen and oxygen atoms in total. The van der Waals surface area contributed by atoms with Crippen LogP contribution in [0.25, 0.3) is 11.4 Å². The lowest BCUT2D eigenvalue weighted by Gasteiger charge is -2.03. The number of aliphatic carboxylic acids is 1. The summed E-state index contributed by atoms with van der Waals surface area (Å²) in [6.45, 7) is 0. The Bertz CT molecular complexity index is 603. The number of rotatable bonds is 7. The molecule has 0 fully saturated rings. The fourth-order valence-corrected chi connectivity index (χ4v) is 2.38. The monoisotopic (exact) mass is 311 g/mol. The van der Waals surface area contributed by atoms with E-state index in [0.717, 1.165) is 0 Å². The lowest BCUT2D eigenvalue weighted by atomic mass is 10.2. The molecule has 112 valence electrons. The Labute approximate surface area is 124 Å². The van der Waals surface area contributed by atoms with Gasteiger partial charge in [-0.2, -0.15) is 16.7 Å². The third-order valence-electron chi connectivity index (χ3n) is 2.69. The first-order valence-corrected chi connectivity index (χ1v) is 7.36. The summed E-state index contributed by atoms with van der Waals surface area (Å²) in [5, 5.41) is 12.5. The van der Waals surface area contributed by atoms with Crippen LogP contribution in [0.15, 0.2) is 28.8 Å². The molecule has 21 heavy (non-hydrogen) atoms. The maximum atomic E-state index is 12.8. The average Bonchev–Trinajstić information content (AvgIpc) is 2.93. The number of nitrogens with zero attached hydrogens (tertiary/aromatic N) is 2. The van der Waals surface area contributed by atoms with Crippen LogP contribution in [0.1, 0.15) is 12.3 Å². The molecule has 0 aliphatic rings. The number of hydrogen-bond acceptors (Lipinski definition) is 6. The Balaban J connectivity index is 1.83. The molecular formula is C13H14FN3O3S. The molecule has 0 saturated heterocycles. The van der Waals surface area contributed by atoms with Crippen LogP contribution < -0.4 is 5.73 Å². The molecule has 0 aliphatic carbocycles. The molecule has 0 saturated carbocycles. The van der Waals surface area contributed by atoms with Gasteiger partial charge >= 0.3 is 5.97 Å². The van der Waals surface area contributed by atoms with E-state index in [2.05, 4.69) is 10.1 Å². The Kier molecular flexibility index (Phi) is 5.29. The van der Waals surface area contributed by atoms with Gasteiger partial charge in [-0.15, -0.1) is 0 Å². The topological polar surface area (TPSA) is 102 Å². The zero-order chi connectivity index (χ0) is 15.2. The highest BCUT2D eigenvalue weighted by atomic mass is 32.2. The largest absolute Gasteiger partial charge is 0.480 e. The maximum absolute atomic E-state index is 12.8. The van der Waals surface area contributed by atoms with Crippen molar-refractivity contribution in [2.24, 2.45) is 5.73 Å². The number of thioether (sulfide) groups is 1. The molecule has 0 spiro atoms. The number of nitrogens with two attached hydrogens (primary N) is 1. The van der Waals surface area contributed by atoms with E-state index in [0.29, 0.717) is 35.2 Å². The zero-order valence-electron chi connectivity index (χ0n) is 11.0. The van der Waals surface area contributed by atoms with Crippen molar-refractivity contribution in [1.29, 1.82) is 0 Å². The van der Waals surface area contributed by atoms with Crippen LogP contribution in [0.5, 0.6) is 0 Å². The maximum Gasteiger partial charge on any atom is 0.320 e. The van der Waals surface area contributed by atoms with Crippen LogP contribution in [0, 0.1) is 5.82 Å². The van der Waals surface area contributed by atoms with E-state index in [4.69, 9.17) is 15.4 Å². The number of carbonyl (C=O) groups is 1. The van der Waals surface area contributed by atoms with Gasteiger partial charge in [0, 0.05) is 5.56 Å². The summed E-state index contributed by atoms with van der Waals surface area (Å²) in [7, 11) is 0. The highest BCUT2D eigenvalue weighted by Crippen LogP contribution is 2.18. The first-order valence-electron chi connectivity index (χ1n) is 6.21. The van der Waals surface area contributed by atoms with E-state index in [9.17, 15) is 9.18 Å². The van der Waals surface area contributed by atoms with Gasteiger partial charge in [0.2, 0.25) is 11.7 Å². The van der Waals surface area contributed by atoms with Crippen molar-refractivity contribution < 1.29 is 18.8 Å². The van der Waals surface area contributed by atoms with Crippen LogP contribution in [0.3, 0.4) is 0 Å². The number of aromatic nitrogens is 2. The van der Waals surface area contributed by atoms with Gasteiger partial charge in [0.1, 0.15) is 11.9 Å². The van der Waals surface area contributed by atoms with E-state index < -0.39 is 12.0 Å². The number of halogens is 1. The van der Waals surface area contributed by atoms with E-state index in [1.807, 2.05) is 0 Å². The summed E-state index contributed by atoms with van der Waals surface area (Å²) in [6, 6.07) is 4.95. The van der Waals surface area contributed by atoms with Crippen LogP contribution in [0.4, 0.5) is 4.39 Å². The van der Waals surface area contributed by atoms with Crippen LogP contribution >= 0.6 is 11.8 Å². The molecule has 1 aromatic carbocycles. The Morgan fingerprint density at radius 3 is 2.81 bits per heavy atom. The summed E-state index contributed by atoms with van der Waals surface area (Å²) < 4.78 is 17.9. The van der Waals surface area contributed by atoms with Gasteiger partial charge in [-0.05, 0) is 36.4 Å². The Hall–Kier alpha value is -1.93. The molecule has 0 bridgehead atoms. The van der Waals surface area contributed by atoms with Gasteiger partial charge in [0.05, 0.1) is 5.75 Å². The first kappa shape index (κ1) is 15.5. The van der Waals surface area contributed by atoms with E-state index in [1.54, 1.807) is 12.1 Å². The molecule has 0 aliphatic heterocycles. The molecule has 1 unspecified atom stereocenters. The second-order valence-electron chi connectivity index (χ2n) is 4.30. The van der Waals surface area contributed by atoms with Crippen molar-refractivity contribution in [3.63, 3.8) is 0 Å². The normalized spacial score (nSPS) is 12.3. The zero-order valence-corrected chi connectivity index (χ0v) is 11.8. The Morgan fingerprint density at radius 2 is 2.14 bits per heavy atom. The molecule has 8 heteroatoms. The summed E-state index contributed by atoms with van der Waals surface area (Å²) in [6.07, 6.45) is 0.374. The van der Waals surface area contributed by atoms with Crippen molar-refractivity contribution in [2.75, 3.05) is 5.75 Å². The molecule has 0 radical (unpaired) electrons. The lowest BCUT2D eigenvalue weighted by Crippen LogP contribution is -2.30. The quantitative estimate of drug-likeness (QED) is 0.753. The lowest BCUT2D eigenvalue weighted by molar-refractivity contribution is -0.138. The smallest absolute Gasteiger partial charge is 0.320 e. The number of benzene rings is 1. The van der Waals surface area contributed by atoms with Gasteiger partial charge in [0.15, 0.2) is 0 Å². The highest BCUT2D eigenvalue weighted by molar-refractivity contribution is 7.98. The second-order valence-corrected chi connectivity index (χ2v) is 5.41. The number of carboxylic acids is 1. The predicted octanol–water partition coefficient (Wildman–Crippen LogP) is 1.91. The van der Waals surface area contributed by atoms with Gasteiger partial charge in [-0.3, -0.25) is 4.79 Å². The highest BCUT2D eigenvalue weighted by Gasteiger charge is 2.12. The van der Waals surface area contributed by atoms with Crippen molar-refractivity contribution in [3.05, 3.63) is 36.0 Å². The molecule has 3 N–H and O–H groups in total. The average molecular weight is 311 g/mol. The summed E-state index contributed by atoms with van der Waals surface area (Å²) in [5.41, 5.74) is 6.06. The molecule has 1 atom stereocenters. The molecule has 1 aromatic heterocycles. The summed E-state index contributed by atoms with van der Waals surface area (Å²) >= 11 is 1.46. The van der Waals surface area contributed by atoms with Gasteiger partial charge in [-0.25, -0.2) is 4.39 Å². The van der Waals surface area contributed by atoms with E-state index in [-0.39, 0.29) is 5.82 Å². The van der Waals surface area contributed by atoms with Crippen molar-refractivity contribution in [3.8, 4) is 11.4 Å². The predicted molar refractivity (Wildman–Crippen MR) is 76.1 cm³/mol. The third kappa shape index (κ3) is 4.54. The van der Waals surface area contributed by atoms with Crippen molar-refractivity contribution >= 4 is 17.7 Å². The van der Waals surface area contributed by atoms with Crippen LogP contribution in [-0.4, -0.2) is 33.0 Å². The minimum Gasteiger partial charge on any atom is -0.480 e. The van der Waals surface area contributed by atoms with Crippen molar-refractivity contribution in [1.82, 2.24) is 10.1 Å². The molecular weight excluding hydrogens is 297 g/mol. The molecule has 2 aromatic rings. The third-order valence-corrected chi connectivity index (χ3v) is 3.66. The van der Waals surface area contributed by atoms with Crippen LogP contribution in [0.2, 0.25) is 0 Å². The second kappa shape index (κ2) is 7.19. The van der Waals surface area contributed by atoms with Gasteiger partial charge < -0.3 is 15.4 Å². The summed E-state index contributed by atoms with van der Waals surface area (Å²) in [4.78, 5) is 14.7. The van der Waals surface area contributed by atoms with E-state index in [1.165, 1.54) is 23.9 Å². The van der Waals surface area contributed by atoms with Crippen LogP contribution in [-0.2, 0) is 10.5 Å². The van der Waals surface area contributed by atoms with Gasteiger partial charge in [0.25, 0.3) is 0 Å². The standard InChI is InChI=1S/C13H14FN3O3S/c14-9-3-1-8(2-4-9)12-16-11(20-17-12)7-21-6-5-10(15)13(18)19/h1-4,10H,5-7,15H2,(H,18,19). The Morgan fingerprint density at radius 1 is 1.43 bits per heavy atom. The minimum absolute atomic E-state index is 0.326. The minimum atomic E-state index is -1.01. The van der Waals surface area contributed by atoms with Crippen molar-refractivity contribution in [2.45, 2.75) is 18.2 Å². The number of carboxylic acid groups (broad SMARTS) is 1. The molecule has 1 heterocycles. The molecule has 2 rings (SSSR count). The molecule has 0 amide bonds. The fourth-order valence-electron chi connectivity index (χ4n) is 1.52. The summed E-state index contributed by atoms with van der Waals surface area (Å²) in [5.74, 6) is 0.554. The van der Waals surface area contributed by atoms with E-state index >= 15 is 0 Å². The first-order chi connectivity index (χ1) is 10.1. The SMILES string of the molecule is NC(CCSCc1nc(-c2ccc(F)cc2)no1)C(=O)O.